The molecule has 2 heterocycles. The van der Waals surface area contributed by atoms with Crippen LogP contribution >= 0.6 is 0 Å². The summed E-state index contributed by atoms with van der Waals surface area (Å²) >= 11 is 0. The molecule has 1 aliphatic heterocycles. The van der Waals surface area contributed by atoms with Gasteiger partial charge in [0.15, 0.2) is 0 Å². The van der Waals surface area contributed by atoms with Crippen molar-refractivity contribution in [3.8, 4) is 0 Å². The Morgan fingerprint density at radius 2 is 2.19 bits per heavy atom. The normalized spacial score (nSPS) is 20.7. The zero-order valence-electron chi connectivity index (χ0n) is 13.6. The average Bonchev–Trinajstić information content (AvgIpc) is 2.69. The van der Waals surface area contributed by atoms with Crippen LogP contribution in [0.3, 0.4) is 0 Å². The van der Waals surface area contributed by atoms with E-state index in [1.165, 1.54) is 19.3 Å². The van der Waals surface area contributed by atoms with Crippen molar-refractivity contribution in [2.24, 2.45) is 5.92 Å². The molecule has 5 nitrogen and oxygen atoms in total. The van der Waals surface area contributed by atoms with Crippen molar-refractivity contribution < 1.29 is 4.79 Å². The Kier molecular flexibility index (Phi) is 5.91. The molecule has 0 N–H and O–H groups in total. The molecule has 0 spiro atoms. The molecule has 1 aliphatic rings. The van der Waals surface area contributed by atoms with E-state index in [0.717, 1.165) is 31.9 Å². The largest absolute Gasteiger partial charge is 0.300 e. The van der Waals surface area contributed by atoms with Crippen LogP contribution in [0.25, 0.3) is 0 Å². The second-order valence-electron chi connectivity index (χ2n) is 6.63. The fraction of sp³-hybridized carbons (Fsp3) is 0.812. The van der Waals surface area contributed by atoms with Crippen LogP contribution in [0.15, 0.2) is 6.33 Å². The minimum atomic E-state index is 0.288. The van der Waals surface area contributed by atoms with Gasteiger partial charge in [-0.1, -0.05) is 26.7 Å². The molecule has 1 fully saturated rings. The second-order valence-corrected chi connectivity index (χ2v) is 6.63. The molecule has 0 amide bonds. The third-order valence-corrected chi connectivity index (χ3v) is 4.10. The van der Waals surface area contributed by atoms with Crippen LogP contribution < -0.4 is 0 Å². The van der Waals surface area contributed by atoms with Crippen molar-refractivity contribution in [1.29, 1.82) is 0 Å². The molecule has 1 atom stereocenters. The smallest absolute Gasteiger partial charge is 0.141 e. The SMILES string of the molecule is CC(=O)CC1CCCCCN1Cc1ncnn1CC(C)C. The van der Waals surface area contributed by atoms with Crippen molar-refractivity contribution in [2.45, 2.75) is 72.0 Å². The molecule has 1 aromatic heterocycles. The lowest BCUT2D eigenvalue weighted by Gasteiger charge is -2.29. The maximum atomic E-state index is 11.5. The number of carbonyl (C=O) groups excluding carboxylic acids is 1. The lowest BCUT2D eigenvalue weighted by Crippen LogP contribution is -2.36. The number of likely N-dealkylation sites (tertiary alicyclic amines) is 1. The molecule has 1 aromatic rings. The predicted octanol–water partition coefficient (Wildman–Crippen LogP) is 2.66. The van der Waals surface area contributed by atoms with Crippen LogP contribution in [-0.4, -0.2) is 38.0 Å². The summed E-state index contributed by atoms with van der Waals surface area (Å²) in [5, 5.41) is 4.34. The first kappa shape index (κ1) is 16.1. The number of aromatic nitrogens is 3. The first-order valence-electron chi connectivity index (χ1n) is 8.16. The maximum Gasteiger partial charge on any atom is 0.141 e. The highest BCUT2D eigenvalue weighted by atomic mass is 16.1. The minimum Gasteiger partial charge on any atom is -0.300 e. The topological polar surface area (TPSA) is 51.0 Å². The summed E-state index contributed by atoms with van der Waals surface area (Å²) in [4.78, 5) is 18.4. The van der Waals surface area contributed by atoms with E-state index in [4.69, 9.17) is 0 Å². The highest BCUT2D eigenvalue weighted by Crippen LogP contribution is 2.21. The Morgan fingerprint density at radius 3 is 2.90 bits per heavy atom. The summed E-state index contributed by atoms with van der Waals surface area (Å²) in [6, 6.07) is 0.370. The van der Waals surface area contributed by atoms with E-state index in [9.17, 15) is 4.79 Å². The molecular weight excluding hydrogens is 264 g/mol. The molecule has 118 valence electrons. The second kappa shape index (κ2) is 7.69. The van der Waals surface area contributed by atoms with Gasteiger partial charge in [-0.15, -0.1) is 0 Å². The zero-order chi connectivity index (χ0) is 15.2. The molecular formula is C16H28N4O. The van der Waals surface area contributed by atoms with Crippen LogP contribution in [0.4, 0.5) is 0 Å². The molecule has 0 aliphatic carbocycles. The maximum absolute atomic E-state index is 11.5. The third kappa shape index (κ3) is 4.92. The third-order valence-electron chi connectivity index (χ3n) is 4.10. The summed E-state index contributed by atoms with van der Waals surface area (Å²) in [6.45, 7) is 8.86. The van der Waals surface area contributed by atoms with Gasteiger partial charge >= 0.3 is 0 Å². The van der Waals surface area contributed by atoms with E-state index >= 15 is 0 Å². The first-order valence-corrected chi connectivity index (χ1v) is 8.16. The first-order chi connectivity index (χ1) is 10.1. The lowest BCUT2D eigenvalue weighted by atomic mass is 10.0. The van der Waals surface area contributed by atoms with Gasteiger partial charge in [0.05, 0.1) is 6.54 Å². The number of carbonyl (C=O) groups is 1. The molecule has 0 aromatic carbocycles. The summed E-state index contributed by atoms with van der Waals surface area (Å²) in [7, 11) is 0. The molecule has 0 bridgehead atoms. The van der Waals surface area contributed by atoms with E-state index in [1.807, 2.05) is 4.68 Å². The Morgan fingerprint density at radius 1 is 1.38 bits per heavy atom. The van der Waals surface area contributed by atoms with E-state index in [-0.39, 0.29) is 5.78 Å². The van der Waals surface area contributed by atoms with Crippen LogP contribution in [-0.2, 0) is 17.9 Å². The van der Waals surface area contributed by atoms with E-state index in [2.05, 4.69) is 28.8 Å². The molecule has 1 unspecified atom stereocenters. The van der Waals surface area contributed by atoms with Gasteiger partial charge in [-0.2, -0.15) is 5.10 Å². The molecule has 0 saturated carbocycles. The number of hydrogen-bond donors (Lipinski definition) is 0. The van der Waals surface area contributed by atoms with Gasteiger partial charge in [0, 0.05) is 19.0 Å². The Hall–Kier alpha value is -1.23. The van der Waals surface area contributed by atoms with Gasteiger partial charge in [0.2, 0.25) is 0 Å². The van der Waals surface area contributed by atoms with E-state index in [1.54, 1.807) is 13.3 Å². The molecule has 2 rings (SSSR count). The quantitative estimate of drug-likeness (QED) is 0.809. The Labute approximate surface area is 127 Å². The van der Waals surface area contributed by atoms with Gasteiger partial charge in [0.25, 0.3) is 0 Å². The van der Waals surface area contributed by atoms with Crippen LogP contribution in [0, 0.1) is 5.92 Å². The summed E-state index contributed by atoms with van der Waals surface area (Å²) in [5.41, 5.74) is 0. The van der Waals surface area contributed by atoms with Crippen molar-refractivity contribution >= 4 is 5.78 Å². The van der Waals surface area contributed by atoms with Crippen molar-refractivity contribution in [3.63, 3.8) is 0 Å². The number of hydrogen-bond acceptors (Lipinski definition) is 4. The Bertz CT molecular complexity index is 455. The predicted molar refractivity (Wildman–Crippen MR) is 82.8 cm³/mol. The van der Waals surface area contributed by atoms with Crippen molar-refractivity contribution in [1.82, 2.24) is 19.7 Å². The zero-order valence-corrected chi connectivity index (χ0v) is 13.6. The molecule has 0 radical (unpaired) electrons. The summed E-state index contributed by atoms with van der Waals surface area (Å²) in [6.07, 6.45) is 7.15. The Balaban J connectivity index is 2.07. The van der Waals surface area contributed by atoms with Crippen LogP contribution in [0.5, 0.6) is 0 Å². The van der Waals surface area contributed by atoms with Gasteiger partial charge in [-0.3, -0.25) is 9.69 Å². The summed E-state index contributed by atoms with van der Waals surface area (Å²) < 4.78 is 2.01. The number of nitrogens with zero attached hydrogens (tertiary/aromatic N) is 4. The lowest BCUT2D eigenvalue weighted by molar-refractivity contribution is -0.118. The number of Topliss-reactive ketones (excluding diaryl/α,β-unsaturated/α-hetero) is 1. The van der Waals surface area contributed by atoms with Gasteiger partial charge in [-0.05, 0) is 32.2 Å². The van der Waals surface area contributed by atoms with E-state index in [0.29, 0.717) is 18.4 Å². The molecule has 21 heavy (non-hydrogen) atoms. The highest BCUT2D eigenvalue weighted by molar-refractivity contribution is 5.76. The van der Waals surface area contributed by atoms with E-state index < -0.39 is 0 Å². The van der Waals surface area contributed by atoms with Gasteiger partial charge < -0.3 is 0 Å². The van der Waals surface area contributed by atoms with Crippen molar-refractivity contribution in [3.05, 3.63) is 12.2 Å². The monoisotopic (exact) mass is 292 g/mol. The fourth-order valence-corrected chi connectivity index (χ4v) is 3.10. The minimum absolute atomic E-state index is 0.288. The molecule has 1 saturated heterocycles. The number of ketones is 1. The van der Waals surface area contributed by atoms with Gasteiger partial charge in [-0.25, -0.2) is 9.67 Å². The standard InChI is InChI=1S/C16H28N4O/c1-13(2)10-20-16(17-12-18-20)11-19-8-6-4-5-7-15(19)9-14(3)21/h12-13,15H,4-11H2,1-3H3. The molecule has 5 heteroatoms. The van der Waals surface area contributed by atoms with Gasteiger partial charge in [0.1, 0.15) is 17.9 Å². The van der Waals surface area contributed by atoms with Crippen molar-refractivity contribution in [2.75, 3.05) is 6.54 Å². The highest BCUT2D eigenvalue weighted by Gasteiger charge is 2.23. The van der Waals surface area contributed by atoms with Crippen LogP contribution in [0.1, 0.15) is 58.7 Å². The summed E-state index contributed by atoms with van der Waals surface area (Å²) in [5.74, 6) is 1.87. The average molecular weight is 292 g/mol. The van der Waals surface area contributed by atoms with Crippen LogP contribution in [0.2, 0.25) is 0 Å². The fourth-order valence-electron chi connectivity index (χ4n) is 3.10. The number of rotatable bonds is 6.